The Bertz CT molecular complexity index is 946. The van der Waals surface area contributed by atoms with Gasteiger partial charge in [0.25, 0.3) is 0 Å². The van der Waals surface area contributed by atoms with Gasteiger partial charge in [-0.25, -0.2) is 4.98 Å². The highest BCUT2D eigenvalue weighted by molar-refractivity contribution is 14.1. The Balaban J connectivity index is 2.39. The van der Waals surface area contributed by atoms with E-state index in [1.807, 2.05) is 6.33 Å². The summed E-state index contributed by atoms with van der Waals surface area (Å²) in [6, 6.07) is 10.7. The van der Waals surface area contributed by atoms with Gasteiger partial charge in [0.1, 0.15) is 6.33 Å². The van der Waals surface area contributed by atoms with Crippen LogP contribution in [-0.2, 0) is 7.05 Å². The van der Waals surface area contributed by atoms with Crippen molar-refractivity contribution in [3.8, 4) is 0 Å². The second kappa shape index (κ2) is 3.72. The van der Waals surface area contributed by atoms with E-state index in [0.29, 0.717) is 0 Å². The fourth-order valence-corrected chi connectivity index (χ4v) is 3.80. The average Bonchev–Trinajstić information content (AvgIpc) is 2.92. The molecule has 2 heterocycles. The summed E-state index contributed by atoms with van der Waals surface area (Å²) in [7, 11) is 2.14. The van der Waals surface area contributed by atoms with Gasteiger partial charge in [-0.2, -0.15) is 0 Å². The molecule has 4 aromatic rings. The Morgan fingerprint density at radius 3 is 2.74 bits per heavy atom. The van der Waals surface area contributed by atoms with Crippen molar-refractivity contribution in [3.05, 3.63) is 42.2 Å². The van der Waals surface area contributed by atoms with Crippen LogP contribution < -0.4 is 0 Å². The lowest BCUT2D eigenvalue weighted by molar-refractivity contribution is 1.01. The Morgan fingerprint density at radius 2 is 1.89 bits per heavy atom. The molecule has 2 aromatic heterocycles. The lowest BCUT2D eigenvalue weighted by Crippen LogP contribution is -1.91. The molecule has 0 atom stereocenters. The molecule has 19 heavy (non-hydrogen) atoms. The highest BCUT2D eigenvalue weighted by Gasteiger charge is 2.15. The summed E-state index contributed by atoms with van der Waals surface area (Å²) < 4.78 is 4.35. The molecule has 0 spiro atoms. The summed E-state index contributed by atoms with van der Waals surface area (Å²) in [6.07, 6.45) is 1.87. The van der Waals surface area contributed by atoms with Gasteiger partial charge in [-0.15, -0.1) is 0 Å². The minimum atomic E-state index is 1.07. The van der Waals surface area contributed by atoms with Gasteiger partial charge in [0.2, 0.25) is 0 Å². The number of benzene rings is 2. The van der Waals surface area contributed by atoms with Crippen LogP contribution in [0.15, 0.2) is 36.7 Å². The van der Waals surface area contributed by atoms with Crippen LogP contribution in [-0.4, -0.2) is 12.3 Å². The largest absolute Gasteiger partial charge is 0.343 e. The minimum absolute atomic E-state index is 1.07. The lowest BCUT2D eigenvalue weighted by Gasteiger charge is -2.04. The van der Waals surface area contributed by atoms with Crippen LogP contribution in [0.4, 0.5) is 0 Å². The zero-order valence-electron chi connectivity index (χ0n) is 10.7. The smallest absolute Gasteiger partial charge is 0.105 e. The van der Waals surface area contributed by atoms with Gasteiger partial charge >= 0.3 is 0 Å². The molecule has 0 N–H and O–H groups in total. The summed E-state index contributed by atoms with van der Waals surface area (Å²) in [4.78, 5) is 4.49. The quantitative estimate of drug-likeness (QED) is 0.431. The molecule has 0 aliphatic carbocycles. The highest BCUT2D eigenvalue weighted by atomic mass is 127. The summed E-state index contributed by atoms with van der Waals surface area (Å²) in [5.74, 6) is 0. The number of halogens is 1. The topological polar surface area (TPSA) is 22.8 Å². The highest BCUT2D eigenvalue weighted by Crippen LogP contribution is 2.34. The van der Waals surface area contributed by atoms with E-state index in [2.05, 4.69) is 79.5 Å². The van der Waals surface area contributed by atoms with Crippen LogP contribution >= 0.6 is 22.9 Å². The predicted molar refractivity (Wildman–Crippen MR) is 87.9 cm³/mol. The van der Waals surface area contributed by atoms with Crippen molar-refractivity contribution in [3.63, 3.8) is 0 Å². The van der Waals surface area contributed by atoms with E-state index in [4.69, 9.17) is 0 Å². The number of aromatic nitrogens is 3. The van der Waals surface area contributed by atoms with E-state index in [1.54, 1.807) is 0 Å². The van der Waals surface area contributed by atoms with Crippen LogP contribution in [0.2, 0.25) is 0 Å². The zero-order valence-corrected chi connectivity index (χ0v) is 12.8. The second-order valence-corrected chi connectivity index (χ2v) is 5.94. The van der Waals surface area contributed by atoms with Gasteiger partial charge in [-0.3, -0.25) is 2.78 Å². The molecule has 0 radical (unpaired) electrons. The molecule has 0 saturated heterocycles. The van der Waals surface area contributed by atoms with Gasteiger partial charge in [0, 0.05) is 28.9 Å². The number of fused-ring (bicyclic) bond motifs is 4. The number of imidazole rings is 1. The Labute approximate surface area is 124 Å². The van der Waals surface area contributed by atoms with Crippen molar-refractivity contribution in [2.24, 2.45) is 7.05 Å². The summed E-state index contributed by atoms with van der Waals surface area (Å²) in [5, 5.41) is 2.59. The molecule has 0 bridgehead atoms. The Kier molecular flexibility index (Phi) is 2.21. The number of rotatable bonds is 0. The Morgan fingerprint density at radius 1 is 1.11 bits per heavy atom. The molecule has 0 fully saturated rings. The third-order valence-electron chi connectivity index (χ3n) is 3.89. The van der Waals surface area contributed by atoms with Crippen molar-refractivity contribution < 1.29 is 0 Å². The maximum Gasteiger partial charge on any atom is 0.105 e. The SMILES string of the molecule is Cc1c2c(cc3c4ccccc4n(C)c13)ncn2I. The average molecular weight is 361 g/mol. The van der Waals surface area contributed by atoms with Crippen LogP contribution in [0.5, 0.6) is 0 Å². The van der Waals surface area contributed by atoms with Gasteiger partial charge in [0.15, 0.2) is 0 Å². The second-order valence-electron chi connectivity index (χ2n) is 4.90. The predicted octanol–water partition coefficient (Wildman–Crippen LogP) is 4.19. The maximum atomic E-state index is 4.49. The van der Waals surface area contributed by atoms with Crippen molar-refractivity contribution >= 4 is 55.7 Å². The van der Waals surface area contributed by atoms with Crippen molar-refractivity contribution in [2.45, 2.75) is 6.92 Å². The van der Waals surface area contributed by atoms with Crippen LogP contribution in [0.25, 0.3) is 32.8 Å². The molecule has 2 aromatic carbocycles. The van der Waals surface area contributed by atoms with Gasteiger partial charge < -0.3 is 4.57 Å². The molecule has 3 nitrogen and oxygen atoms in total. The summed E-state index contributed by atoms with van der Waals surface area (Å²) >= 11 is 2.29. The van der Waals surface area contributed by atoms with Crippen LogP contribution in [0.3, 0.4) is 0 Å². The number of para-hydroxylation sites is 1. The van der Waals surface area contributed by atoms with Crippen LogP contribution in [0, 0.1) is 6.92 Å². The normalized spacial score (nSPS) is 11.9. The van der Waals surface area contributed by atoms with Gasteiger partial charge in [-0.1, -0.05) is 18.2 Å². The molecular formula is C15H12IN3. The monoisotopic (exact) mass is 361 g/mol. The number of nitrogens with zero attached hydrogens (tertiary/aromatic N) is 3. The van der Waals surface area contributed by atoms with E-state index < -0.39 is 0 Å². The first-order valence-electron chi connectivity index (χ1n) is 6.18. The third kappa shape index (κ3) is 1.35. The van der Waals surface area contributed by atoms with Crippen molar-refractivity contribution in [1.82, 2.24) is 12.3 Å². The maximum absolute atomic E-state index is 4.49. The third-order valence-corrected chi connectivity index (χ3v) is 4.62. The first-order chi connectivity index (χ1) is 9.18. The molecule has 0 aliphatic rings. The molecule has 0 amide bonds. The number of hydrogen-bond donors (Lipinski definition) is 0. The molecule has 94 valence electrons. The van der Waals surface area contributed by atoms with E-state index >= 15 is 0 Å². The molecule has 0 saturated carbocycles. The van der Waals surface area contributed by atoms with E-state index in [1.165, 1.54) is 32.9 Å². The zero-order chi connectivity index (χ0) is 13.1. The van der Waals surface area contributed by atoms with Crippen molar-refractivity contribution in [1.29, 1.82) is 0 Å². The van der Waals surface area contributed by atoms with E-state index in [0.717, 1.165) is 5.52 Å². The summed E-state index contributed by atoms with van der Waals surface area (Å²) in [6.45, 7) is 2.18. The fourth-order valence-electron chi connectivity index (χ4n) is 3.07. The number of aryl methyl sites for hydroxylation is 2. The van der Waals surface area contributed by atoms with E-state index in [-0.39, 0.29) is 0 Å². The van der Waals surface area contributed by atoms with Crippen molar-refractivity contribution in [2.75, 3.05) is 0 Å². The first kappa shape index (κ1) is 11.3. The Hall–Kier alpha value is -1.56. The molecule has 4 heteroatoms. The summed E-state index contributed by atoms with van der Waals surface area (Å²) in [5.41, 5.74) is 6.13. The molecule has 0 aliphatic heterocycles. The molecule has 0 unspecified atom stereocenters. The minimum Gasteiger partial charge on any atom is -0.343 e. The van der Waals surface area contributed by atoms with Gasteiger partial charge in [0.05, 0.1) is 39.4 Å². The molecular weight excluding hydrogens is 349 g/mol. The number of hydrogen-bond acceptors (Lipinski definition) is 1. The molecule has 4 rings (SSSR count). The lowest BCUT2D eigenvalue weighted by atomic mass is 10.1. The first-order valence-corrected chi connectivity index (χ1v) is 7.15. The van der Waals surface area contributed by atoms with Crippen LogP contribution in [0.1, 0.15) is 5.56 Å². The van der Waals surface area contributed by atoms with E-state index in [9.17, 15) is 0 Å². The fraction of sp³-hybridized carbons (Fsp3) is 0.133. The van der Waals surface area contributed by atoms with Gasteiger partial charge in [-0.05, 0) is 19.1 Å². The standard InChI is InChI=1S/C15H12IN3/c1-9-14-11(7-12-15(9)19(16)8-17-12)10-5-3-4-6-13(10)18(14)2/h3-8H,1-2H3.